The molecule has 2 N–H and O–H groups in total. The first kappa shape index (κ1) is 15.2. The van der Waals surface area contributed by atoms with Crippen LogP contribution in [0.4, 0.5) is 0 Å². The van der Waals surface area contributed by atoms with E-state index >= 15 is 0 Å². The van der Waals surface area contributed by atoms with Gasteiger partial charge in [0.25, 0.3) is 0 Å². The zero-order chi connectivity index (χ0) is 15.6. The third-order valence-corrected chi connectivity index (χ3v) is 6.09. The van der Waals surface area contributed by atoms with Gasteiger partial charge in [-0.2, -0.15) is 0 Å². The number of nitrogens with one attached hydrogen (secondary N) is 1. The lowest BCUT2D eigenvalue weighted by Gasteiger charge is -2.43. The number of likely N-dealkylation sites (tertiary alicyclic amines) is 1. The van der Waals surface area contributed by atoms with Crippen LogP contribution in [-0.2, 0) is 6.42 Å². The molecule has 1 aliphatic carbocycles. The molecule has 2 heterocycles. The summed E-state index contributed by atoms with van der Waals surface area (Å²) in [6, 6.07) is 8.43. The van der Waals surface area contributed by atoms with Crippen LogP contribution in [0.2, 0.25) is 0 Å². The van der Waals surface area contributed by atoms with Crippen molar-refractivity contribution < 1.29 is 5.11 Å². The Morgan fingerprint density at radius 1 is 1.13 bits per heavy atom. The Morgan fingerprint density at radius 3 is 2.87 bits per heavy atom. The highest BCUT2D eigenvalue weighted by atomic mass is 16.3. The second-order valence-electron chi connectivity index (χ2n) is 7.47. The van der Waals surface area contributed by atoms with Crippen molar-refractivity contribution in [2.45, 2.75) is 51.2 Å². The number of fused-ring (bicyclic) bond motifs is 2. The van der Waals surface area contributed by atoms with Gasteiger partial charge in [-0.25, -0.2) is 0 Å². The van der Waals surface area contributed by atoms with E-state index in [0.717, 1.165) is 37.8 Å². The van der Waals surface area contributed by atoms with E-state index in [0.29, 0.717) is 0 Å². The highest BCUT2D eigenvalue weighted by molar-refractivity contribution is 5.82. The van der Waals surface area contributed by atoms with E-state index in [-0.39, 0.29) is 6.23 Å². The smallest absolute Gasteiger partial charge is 0.107 e. The molecule has 0 amide bonds. The minimum atomic E-state index is -0.286. The number of piperidine rings is 1. The van der Waals surface area contributed by atoms with Crippen LogP contribution >= 0.6 is 0 Å². The normalized spacial score (nSPS) is 27.0. The lowest BCUT2D eigenvalue weighted by atomic mass is 9.75. The van der Waals surface area contributed by atoms with Gasteiger partial charge in [-0.15, -0.1) is 0 Å². The molecule has 4 rings (SSSR count). The van der Waals surface area contributed by atoms with Crippen LogP contribution < -0.4 is 0 Å². The Hall–Kier alpha value is -1.32. The van der Waals surface area contributed by atoms with Crippen LogP contribution in [0, 0.1) is 11.8 Å². The Bertz CT molecular complexity index is 650. The van der Waals surface area contributed by atoms with Crippen LogP contribution in [0.1, 0.15) is 44.1 Å². The molecule has 2 aliphatic rings. The van der Waals surface area contributed by atoms with Crippen molar-refractivity contribution in [2.24, 2.45) is 11.8 Å². The summed E-state index contributed by atoms with van der Waals surface area (Å²) in [7, 11) is 0. The molecule has 3 unspecified atom stereocenters. The average Bonchev–Trinajstić information content (AvgIpc) is 3.02. The quantitative estimate of drug-likeness (QED) is 0.898. The van der Waals surface area contributed by atoms with Crippen LogP contribution in [-0.4, -0.2) is 34.3 Å². The maximum atomic E-state index is 10.7. The molecule has 1 aliphatic heterocycles. The summed E-state index contributed by atoms with van der Waals surface area (Å²) in [5.74, 6) is 1.76. The molecule has 0 bridgehead atoms. The van der Waals surface area contributed by atoms with Gasteiger partial charge in [-0.1, -0.05) is 37.5 Å². The molecule has 3 nitrogen and oxygen atoms in total. The number of aliphatic hydroxyl groups is 1. The van der Waals surface area contributed by atoms with Crippen LogP contribution in [0.5, 0.6) is 0 Å². The van der Waals surface area contributed by atoms with Crippen molar-refractivity contribution >= 4 is 10.9 Å². The molecule has 1 saturated heterocycles. The Labute approximate surface area is 138 Å². The second-order valence-corrected chi connectivity index (χ2v) is 7.47. The van der Waals surface area contributed by atoms with E-state index < -0.39 is 0 Å². The molecule has 1 aromatic heterocycles. The summed E-state index contributed by atoms with van der Waals surface area (Å²) in [6.07, 6.45) is 10.5. The average molecular weight is 312 g/mol. The van der Waals surface area contributed by atoms with Gasteiger partial charge in [-0.3, -0.25) is 4.90 Å². The first-order valence-corrected chi connectivity index (χ1v) is 9.28. The summed E-state index contributed by atoms with van der Waals surface area (Å²) in [5, 5.41) is 11.9. The highest BCUT2D eigenvalue weighted by Crippen LogP contribution is 2.36. The fourth-order valence-corrected chi connectivity index (χ4v) is 4.71. The van der Waals surface area contributed by atoms with Crippen molar-refractivity contribution in [2.75, 3.05) is 13.1 Å². The van der Waals surface area contributed by atoms with E-state index in [1.54, 1.807) is 0 Å². The van der Waals surface area contributed by atoms with Crippen LogP contribution in [0.3, 0.4) is 0 Å². The summed E-state index contributed by atoms with van der Waals surface area (Å²) >= 11 is 0. The highest BCUT2D eigenvalue weighted by Gasteiger charge is 2.33. The van der Waals surface area contributed by atoms with Crippen LogP contribution in [0.25, 0.3) is 10.9 Å². The molecule has 124 valence electrons. The Kier molecular flexibility index (Phi) is 4.41. The molecule has 2 aromatic rings. The first-order chi connectivity index (χ1) is 11.3. The summed E-state index contributed by atoms with van der Waals surface area (Å²) in [4.78, 5) is 5.67. The van der Waals surface area contributed by atoms with Gasteiger partial charge in [-0.05, 0) is 49.1 Å². The zero-order valence-corrected chi connectivity index (χ0v) is 13.9. The fraction of sp³-hybridized carbons (Fsp3) is 0.600. The van der Waals surface area contributed by atoms with Gasteiger partial charge in [0, 0.05) is 30.2 Å². The lowest BCUT2D eigenvalue weighted by molar-refractivity contribution is -0.0468. The molecule has 3 atom stereocenters. The maximum Gasteiger partial charge on any atom is 0.107 e. The van der Waals surface area contributed by atoms with E-state index in [4.69, 9.17) is 0 Å². The van der Waals surface area contributed by atoms with Crippen molar-refractivity contribution in [1.82, 2.24) is 9.88 Å². The number of benzene rings is 1. The number of aromatic nitrogens is 1. The number of hydrogen-bond acceptors (Lipinski definition) is 2. The number of hydrogen-bond donors (Lipinski definition) is 2. The molecule has 0 spiro atoms. The van der Waals surface area contributed by atoms with Gasteiger partial charge < -0.3 is 10.1 Å². The van der Waals surface area contributed by atoms with Crippen molar-refractivity contribution in [3.05, 3.63) is 36.0 Å². The van der Waals surface area contributed by atoms with Gasteiger partial charge in [0.15, 0.2) is 0 Å². The molecule has 2 fully saturated rings. The van der Waals surface area contributed by atoms with Gasteiger partial charge in [0.1, 0.15) is 6.23 Å². The largest absolute Gasteiger partial charge is 0.378 e. The van der Waals surface area contributed by atoms with Crippen molar-refractivity contribution in [3.63, 3.8) is 0 Å². The third-order valence-electron chi connectivity index (χ3n) is 6.09. The molecule has 1 aromatic carbocycles. The third kappa shape index (κ3) is 3.17. The van der Waals surface area contributed by atoms with E-state index in [1.807, 2.05) is 0 Å². The minimum Gasteiger partial charge on any atom is -0.378 e. The topological polar surface area (TPSA) is 39.3 Å². The SMILES string of the molecule is OC(CCc1c[nH]c2ccccc12)N1CCC2CCCCC2C1. The van der Waals surface area contributed by atoms with Gasteiger partial charge in [0.05, 0.1) is 0 Å². The molecule has 0 radical (unpaired) electrons. The lowest BCUT2D eigenvalue weighted by Crippen LogP contribution is -2.46. The number of aromatic amines is 1. The summed E-state index contributed by atoms with van der Waals surface area (Å²) < 4.78 is 0. The number of aryl methyl sites for hydroxylation is 1. The van der Waals surface area contributed by atoms with Gasteiger partial charge >= 0.3 is 0 Å². The standard InChI is InChI=1S/C20H28N2O/c23-20(22-12-11-15-5-1-2-6-17(15)14-22)10-9-16-13-21-19-8-4-3-7-18(16)19/h3-4,7-8,13,15,17,20-21,23H,1-2,5-6,9-12,14H2. The minimum absolute atomic E-state index is 0.286. The van der Waals surface area contributed by atoms with Crippen molar-refractivity contribution in [1.29, 1.82) is 0 Å². The molecule has 23 heavy (non-hydrogen) atoms. The maximum absolute atomic E-state index is 10.7. The van der Waals surface area contributed by atoms with Crippen LogP contribution in [0.15, 0.2) is 30.5 Å². The molecular formula is C20H28N2O. The Balaban J connectivity index is 1.35. The van der Waals surface area contributed by atoms with Gasteiger partial charge in [0.2, 0.25) is 0 Å². The Morgan fingerprint density at radius 2 is 1.96 bits per heavy atom. The van der Waals surface area contributed by atoms with E-state index in [2.05, 4.69) is 40.3 Å². The van der Waals surface area contributed by atoms with Crippen molar-refractivity contribution in [3.8, 4) is 0 Å². The molecule has 1 saturated carbocycles. The number of rotatable bonds is 4. The first-order valence-electron chi connectivity index (χ1n) is 9.28. The van der Waals surface area contributed by atoms with E-state index in [1.165, 1.54) is 48.6 Å². The fourth-order valence-electron chi connectivity index (χ4n) is 4.71. The second kappa shape index (κ2) is 6.66. The predicted molar refractivity (Wildman–Crippen MR) is 94.3 cm³/mol. The zero-order valence-electron chi connectivity index (χ0n) is 13.9. The molecule has 3 heteroatoms. The van der Waals surface area contributed by atoms with E-state index in [9.17, 15) is 5.11 Å². The summed E-state index contributed by atoms with van der Waals surface area (Å²) in [6.45, 7) is 2.19. The number of aliphatic hydroxyl groups excluding tert-OH is 1. The monoisotopic (exact) mass is 312 g/mol. The molecular weight excluding hydrogens is 284 g/mol. The summed E-state index contributed by atoms with van der Waals surface area (Å²) in [5.41, 5.74) is 2.52. The number of nitrogens with zero attached hydrogens (tertiary/aromatic N) is 1. The predicted octanol–water partition coefficient (Wildman–Crippen LogP) is 3.93. The number of H-pyrrole nitrogens is 1. The number of para-hydroxylation sites is 1.